The molecule has 1 N–H and O–H groups in total. The Hall–Kier alpha value is -2.74. The lowest BCUT2D eigenvalue weighted by Gasteiger charge is -2.33. The van der Waals surface area contributed by atoms with E-state index in [0.717, 1.165) is 6.42 Å². The van der Waals surface area contributed by atoms with E-state index in [1.54, 1.807) is 4.90 Å². The van der Waals surface area contributed by atoms with Crippen molar-refractivity contribution in [1.82, 2.24) is 19.9 Å². The summed E-state index contributed by atoms with van der Waals surface area (Å²) in [5.41, 5.74) is 0.992. The zero-order valence-corrected chi connectivity index (χ0v) is 13.0. The average molecular weight is 330 g/mol. The highest BCUT2D eigenvalue weighted by Crippen LogP contribution is 2.12. The molecule has 0 spiro atoms. The van der Waals surface area contributed by atoms with Gasteiger partial charge in [0.25, 0.3) is 0 Å². The summed E-state index contributed by atoms with van der Waals surface area (Å²) in [6.07, 6.45) is 1.95. The van der Waals surface area contributed by atoms with Gasteiger partial charge < -0.3 is 14.7 Å². The van der Waals surface area contributed by atoms with E-state index in [1.165, 1.54) is 16.4 Å². The maximum atomic E-state index is 12.4. The second-order valence-corrected chi connectivity index (χ2v) is 5.63. The molecule has 126 valence electrons. The van der Waals surface area contributed by atoms with Crippen LogP contribution in [0.25, 0.3) is 0 Å². The minimum absolute atomic E-state index is 0.0294. The third-order valence-corrected chi connectivity index (χ3v) is 3.85. The fourth-order valence-electron chi connectivity index (χ4n) is 2.66. The molecule has 3 rings (SSSR count). The first-order valence-electron chi connectivity index (χ1n) is 7.68. The van der Waals surface area contributed by atoms with Crippen molar-refractivity contribution in [3.05, 3.63) is 47.8 Å². The van der Waals surface area contributed by atoms with Gasteiger partial charge >= 0.3 is 5.97 Å². The average Bonchev–Trinajstić information content (AvgIpc) is 3.05. The Morgan fingerprint density at radius 2 is 2.08 bits per heavy atom. The molecule has 1 atom stereocenters. The number of carboxylic acid groups (broad SMARTS) is 1. The third kappa shape index (κ3) is 3.96. The van der Waals surface area contributed by atoms with Crippen LogP contribution in [-0.4, -0.2) is 62.7 Å². The number of carbonyl (C=O) groups excluding carboxylic acids is 1. The summed E-state index contributed by atoms with van der Waals surface area (Å²) < 4.78 is 6.99. The second-order valence-electron chi connectivity index (χ2n) is 5.63. The Morgan fingerprint density at radius 3 is 2.79 bits per heavy atom. The Bertz CT molecular complexity index is 716. The summed E-state index contributed by atoms with van der Waals surface area (Å²) in [4.78, 5) is 24.9. The van der Waals surface area contributed by atoms with Gasteiger partial charge in [-0.15, -0.1) is 5.10 Å². The molecular weight excluding hydrogens is 312 g/mol. The monoisotopic (exact) mass is 330 g/mol. The van der Waals surface area contributed by atoms with Crippen LogP contribution in [0.2, 0.25) is 0 Å². The first-order valence-corrected chi connectivity index (χ1v) is 7.68. The van der Waals surface area contributed by atoms with Crippen LogP contribution in [0.15, 0.2) is 36.5 Å². The molecule has 2 heterocycles. The number of hydrogen-bond donors (Lipinski definition) is 1. The standard InChI is InChI=1S/C16H18N4O4/c21-15(11-20-10-14(16(22)23)17-18-20)19-6-7-24-13(9-19)8-12-4-2-1-3-5-12/h1-5,10,13H,6-9,11H2,(H,22,23). The van der Waals surface area contributed by atoms with Gasteiger partial charge in [0.2, 0.25) is 5.91 Å². The number of carboxylic acids is 1. The molecule has 0 aliphatic carbocycles. The van der Waals surface area contributed by atoms with Crippen LogP contribution >= 0.6 is 0 Å². The maximum Gasteiger partial charge on any atom is 0.358 e. The highest BCUT2D eigenvalue weighted by atomic mass is 16.5. The van der Waals surface area contributed by atoms with Crippen molar-refractivity contribution in [2.45, 2.75) is 19.1 Å². The fraction of sp³-hybridized carbons (Fsp3) is 0.375. The smallest absolute Gasteiger partial charge is 0.358 e. The molecule has 24 heavy (non-hydrogen) atoms. The van der Waals surface area contributed by atoms with E-state index in [2.05, 4.69) is 10.3 Å². The van der Waals surface area contributed by atoms with Crippen LogP contribution in [-0.2, 0) is 22.5 Å². The van der Waals surface area contributed by atoms with Gasteiger partial charge in [0, 0.05) is 19.5 Å². The molecular formula is C16H18N4O4. The molecule has 1 aliphatic rings. The lowest BCUT2D eigenvalue weighted by Crippen LogP contribution is -2.47. The molecule has 1 amide bonds. The van der Waals surface area contributed by atoms with Crippen molar-refractivity contribution in [3.63, 3.8) is 0 Å². The number of amides is 1. The van der Waals surface area contributed by atoms with E-state index < -0.39 is 5.97 Å². The number of morpholine rings is 1. The number of ether oxygens (including phenoxy) is 1. The van der Waals surface area contributed by atoms with Crippen molar-refractivity contribution in [2.75, 3.05) is 19.7 Å². The van der Waals surface area contributed by atoms with Gasteiger partial charge in [0.05, 0.1) is 18.9 Å². The summed E-state index contributed by atoms with van der Waals surface area (Å²) in [6.45, 7) is 1.48. The summed E-state index contributed by atoms with van der Waals surface area (Å²) in [7, 11) is 0. The lowest BCUT2D eigenvalue weighted by atomic mass is 10.1. The zero-order valence-electron chi connectivity index (χ0n) is 13.0. The normalized spacial score (nSPS) is 17.7. The summed E-state index contributed by atoms with van der Waals surface area (Å²) in [5.74, 6) is -1.29. The zero-order chi connectivity index (χ0) is 16.9. The van der Waals surface area contributed by atoms with Gasteiger partial charge in [-0.05, 0) is 5.56 Å². The predicted octanol–water partition coefficient (Wildman–Crippen LogP) is 0.446. The van der Waals surface area contributed by atoms with Crippen molar-refractivity contribution >= 4 is 11.9 Å². The first kappa shape index (κ1) is 16.1. The molecule has 1 aliphatic heterocycles. The quantitative estimate of drug-likeness (QED) is 0.855. The molecule has 0 saturated carbocycles. The highest BCUT2D eigenvalue weighted by molar-refractivity contribution is 5.84. The Labute approximate surface area is 138 Å². The van der Waals surface area contributed by atoms with Crippen molar-refractivity contribution in [3.8, 4) is 0 Å². The summed E-state index contributed by atoms with van der Waals surface area (Å²) >= 11 is 0. The molecule has 0 radical (unpaired) electrons. The molecule has 1 saturated heterocycles. The van der Waals surface area contributed by atoms with E-state index >= 15 is 0 Å². The van der Waals surface area contributed by atoms with Gasteiger partial charge in [0.15, 0.2) is 5.69 Å². The van der Waals surface area contributed by atoms with Crippen molar-refractivity contribution in [2.24, 2.45) is 0 Å². The first-order chi connectivity index (χ1) is 11.6. The summed E-state index contributed by atoms with van der Waals surface area (Å²) in [5, 5.41) is 16.0. The van der Waals surface area contributed by atoms with Crippen LogP contribution in [0.4, 0.5) is 0 Å². The third-order valence-electron chi connectivity index (χ3n) is 3.85. The molecule has 1 aromatic carbocycles. The van der Waals surface area contributed by atoms with Gasteiger partial charge in [-0.2, -0.15) is 0 Å². The van der Waals surface area contributed by atoms with E-state index in [0.29, 0.717) is 19.7 Å². The number of carbonyl (C=O) groups is 2. The SMILES string of the molecule is O=C(O)c1cn(CC(=O)N2CCOC(Cc3ccccc3)C2)nn1. The van der Waals surface area contributed by atoms with E-state index in [-0.39, 0.29) is 24.2 Å². The number of benzene rings is 1. The summed E-state index contributed by atoms with van der Waals surface area (Å²) in [6, 6.07) is 9.99. The van der Waals surface area contributed by atoms with Crippen LogP contribution < -0.4 is 0 Å². The molecule has 8 heteroatoms. The van der Waals surface area contributed by atoms with Crippen molar-refractivity contribution in [1.29, 1.82) is 0 Å². The minimum atomic E-state index is -1.16. The van der Waals surface area contributed by atoms with Gasteiger partial charge in [-0.25, -0.2) is 9.48 Å². The maximum absolute atomic E-state index is 12.4. The number of hydrogen-bond acceptors (Lipinski definition) is 5. The largest absolute Gasteiger partial charge is 0.476 e. The number of aromatic nitrogens is 3. The van der Waals surface area contributed by atoms with Gasteiger partial charge in [0.1, 0.15) is 6.54 Å². The van der Waals surface area contributed by atoms with E-state index in [1.807, 2.05) is 30.3 Å². The molecule has 1 unspecified atom stereocenters. The van der Waals surface area contributed by atoms with Crippen LogP contribution in [0.5, 0.6) is 0 Å². The molecule has 2 aromatic rings. The van der Waals surface area contributed by atoms with E-state index in [9.17, 15) is 9.59 Å². The highest BCUT2D eigenvalue weighted by Gasteiger charge is 2.25. The Balaban J connectivity index is 1.57. The Kier molecular flexibility index (Phi) is 4.85. The molecule has 1 aromatic heterocycles. The van der Waals surface area contributed by atoms with E-state index in [4.69, 9.17) is 9.84 Å². The molecule has 8 nitrogen and oxygen atoms in total. The number of aromatic carboxylic acids is 1. The van der Waals surface area contributed by atoms with Crippen LogP contribution in [0.3, 0.4) is 0 Å². The number of rotatable bonds is 5. The minimum Gasteiger partial charge on any atom is -0.476 e. The van der Waals surface area contributed by atoms with Gasteiger partial charge in [-0.3, -0.25) is 4.79 Å². The van der Waals surface area contributed by atoms with Crippen LogP contribution in [0.1, 0.15) is 16.1 Å². The molecule has 1 fully saturated rings. The Morgan fingerprint density at radius 1 is 1.29 bits per heavy atom. The van der Waals surface area contributed by atoms with Gasteiger partial charge in [-0.1, -0.05) is 35.5 Å². The topological polar surface area (TPSA) is 97.5 Å². The second kappa shape index (κ2) is 7.22. The predicted molar refractivity (Wildman–Crippen MR) is 83.4 cm³/mol. The lowest BCUT2D eigenvalue weighted by molar-refractivity contribution is -0.139. The molecule has 0 bridgehead atoms. The number of nitrogens with zero attached hydrogens (tertiary/aromatic N) is 4. The van der Waals surface area contributed by atoms with Crippen molar-refractivity contribution < 1.29 is 19.4 Å². The van der Waals surface area contributed by atoms with Crippen LogP contribution in [0, 0.1) is 0 Å². The fourth-order valence-corrected chi connectivity index (χ4v) is 2.66.